The van der Waals surface area contributed by atoms with Gasteiger partial charge in [0.2, 0.25) is 15.9 Å². The van der Waals surface area contributed by atoms with Gasteiger partial charge in [-0.25, -0.2) is 8.42 Å². The largest absolute Gasteiger partial charge is 0.350 e. The van der Waals surface area contributed by atoms with Crippen molar-refractivity contribution in [2.75, 3.05) is 10.6 Å². The molecule has 0 bridgehead atoms. The van der Waals surface area contributed by atoms with Gasteiger partial charge in [-0.2, -0.15) is 0 Å². The molecule has 0 aliphatic heterocycles. The van der Waals surface area contributed by atoms with Gasteiger partial charge in [-0.05, 0) is 61.2 Å². The Morgan fingerprint density at radius 1 is 1.11 bits per heavy atom. The van der Waals surface area contributed by atoms with Gasteiger partial charge in [0.15, 0.2) is 0 Å². The summed E-state index contributed by atoms with van der Waals surface area (Å²) in [5.74, 6) is -0.337. The number of hydrogen-bond acceptors (Lipinski definition) is 3. The minimum absolute atomic E-state index is 0.303. The molecule has 1 atom stereocenters. The molecule has 0 fully saturated rings. The van der Waals surface area contributed by atoms with Crippen LogP contribution < -0.4 is 9.62 Å². The maximum absolute atomic E-state index is 12.8. The Bertz CT molecular complexity index is 911. The highest BCUT2D eigenvalue weighted by atomic mass is 35.5. The second-order valence-electron chi connectivity index (χ2n) is 6.60. The molecule has 1 N–H and O–H groups in total. The highest BCUT2D eigenvalue weighted by Gasteiger charge is 2.31. The van der Waals surface area contributed by atoms with E-state index in [9.17, 15) is 13.2 Å². The summed E-state index contributed by atoms with van der Waals surface area (Å²) in [5, 5.41) is 3.45. The number of nitrogens with zero attached hydrogens (tertiary/aromatic N) is 1. The Kier molecular flexibility index (Phi) is 6.89. The molecule has 1 unspecified atom stereocenters. The fourth-order valence-corrected chi connectivity index (χ4v) is 4.16. The Labute approximate surface area is 166 Å². The lowest BCUT2D eigenvalue weighted by atomic mass is 10.1. The van der Waals surface area contributed by atoms with Crippen LogP contribution in [0.4, 0.5) is 5.69 Å². The van der Waals surface area contributed by atoms with Crippen LogP contribution in [0.25, 0.3) is 0 Å². The second kappa shape index (κ2) is 8.76. The number of nitrogens with one attached hydrogen (secondary N) is 1. The van der Waals surface area contributed by atoms with E-state index in [-0.39, 0.29) is 5.91 Å². The smallest absolute Gasteiger partial charge is 0.244 e. The van der Waals surface area contributed by atoms with Crippen LogP contribution in [-0.4, -0.2) is 26.6 Å². The predicted octanol–water partition coefficient (Wildman–Crippen LogP) is 3.82. The fraction of sp³-hybridized carbons (Fsp3) is 0.350. The zero-order valence-corrected chi connectivity index (χ0v) is 17.6. The average Bonchev–Trinajstić information content (AvgIpc) is 2.60. The summed E-state index contributed by atoms with van der Waals surface area (Å²) < 4.78 is 26.2. The maximum atomic E-state index is 12.8. The molecule has 2 rings (SSSR count). The molecule has 0 aliphatic carbocycles. The first-order chi connectivity index (χ1) is 12.6. The Hall–Kier alpha value is -2.05. The molecule has 5 nitrogen and oxygen atoms in total. The first-order valence-electron chi connectivity index (χ1n) is 8.72. The van der Waals surface area contributed by atoms with E-state index in [1.807, 2.05) is 32.0 Å². The van der Waals surface area contributed by atoms with Gasteiger partial charge >= 0.3 is 0 Å². The highest BCUT2D eigenvalue weighted by molar-refractivity contribution is 7.92. The molecule has 2 aromatic rings. The standard InChI is InChI=1S/C20H25ClN2O3S/c1-5-19(20(24)22-13-16-7-9-17(21)10-8-16)23(27(4,25)26)18-11-6-14(2)15(3)12-18/h6-12,19H,5,13H2,1-4H3,(H,22,24). The van der Waals surface area contributed by atoms with Crippen LogP contribution in [0.2, 0.25) is 5.02 Å². The predicted molar refractivity (Wildman–Crippen MR) is 111 cm³/mol. The van der Waals surface area contributed by atoms with Crippen molar-refractivity contribution in [3.05, 3.63) is 64.2 Å². The molecular formula is C20H25ClN2O3S. The van der Waals surface area contributed by atoms with E-state index in [1.54, 1.807) is 31.2 Å². The number of rotatable bonds is 7. The molecule has 1 amide bonds. The van der Waals surface area contributed by atoms with Crippen molar-refractivity contribution in [3.8, 4) is 0 Å². The molecule has 0 heterocycles. The molecule has 0 saturated heterocycles. The van der Waals surface area contributed by atoms with E-state index < -0.39 is 16.1 Å². The third-order valence-electron chi connectivity index (χ3n) is 4.45. The molecule has 0 saturated carbocycles. The molecule has 0 radical (unpaired) electrons. The zero-order chi connectivity index (χ0) is 20.2. The topological polar surface area (TPSA) is 66.5 Å². The summed E-state index contributed by atoms with van der Waals surface area (Å²) >= 11 is 5.87. The normalized spacial score (nSPS) is 12.5. The van der Waals surface area contributed by atoms with Crippen LogP contribution in [0.15, 0.2) is 42.5 Å². The van der Waals surface area contributed by atoms with Crippen LogP contribution in [0.1, 0.15) is 30.0 Å². The number of sulfonamides is 1. The fourth-order valence-electron chi connectivity index (χ4n) is 2.83. The molecule has 27 heavy (non-hydrogen) atoms. The molecule has 0 spiro atoms. The van der Waals surface area contributed by atoms with Gasteiger partial charge in [-0.1, -0.05) is 36.7 Å². The van der Waals surface area contributed by atoms with Gasteiger partial charge in [0.05, 0.1) is 11.9 Å². The monoisotopic (exact) mass is 408 g/mol. The van der Waals surface area contributed by atoms with E-state index >= 15 is 0 Å². The summed E-state index contributed by atoms with van der Waals surface area (Å²) in [5.41, 5.74) is 3.42. The van der Waals surface area contributed by atoms with E-state index in [0.717, 1.165) is 22.9 Å². The van der Waals surface area contributed by atoms with Crippen molar-refractivity contribution in [2.45, 2.75) is 39.8 Å². The van der Waals surface area contributed by atoms with E-state index in [1.165, 1.54) is 4.31 Å². The number of halogens is 1. The summed E-state index contributed by atoms with van der Waals surface area (Å²) in [4.78, 5) is 12.8. The molecule has 7 heteroatoms. The average molecular weight is 409 g/mol. The number of carbonyl (C=O) groups is 1. The Morgan fingerprint density at radius 3 is 2.26 bits per heavy atom. The second-order valence-corrected chi connectivity index (χ2v) is 8.89. The van der Waals surface area contributed by atoms with E-state index in [0.29, 0.717) is 23.7 Å². The molecule has 0 aliphatic rings. The summed E-state index contributed by atoms with van der Waals surface area (Å²) in [6, 6.07) is 11.7. The molecular weight excluding hydrogens is 384 g/mol. The highest BCUT2D eigenvalue weighted by Crippen LogP contribution is 2.25. The minimum Gasteiger partial charge on any atom is -0.350 e. The lowest BCUT2D eigenvalue weighted by Gasteiger charge is -2.30. The van der Waals surface area contributed by atoms with Crippen LogP contribution in [0.3, 0.4) is 0 Å². The van der Waals surface area contributed by atoms with Crippen molar-refractivity contribution in [1.82, 2.24) is 5.32 Å². The number of carbonyl (C=O) groups excluding carboxylic acids is 1. The van der Waals surface area contributed by atoms with Crippen molar-refractivity contribution >= 4 is 33.2 Å². The Morgan fingerprint density at radius 2 is 1.74 bits per heavy atom. The van der Waals surface area contributed by atoms with Gasteiger partial charge < -0.3 is 5.32 Å². The van der Waals surface area contributed by atoms with Gasteiger partial charge in [-0.3, -0.25) is 9.10 Å². The number of amides is 1. The van der Waals surface area contributed by atoms with E-state index in [2.05, 4.69) is 5.32 Å². The zero-order valence-electron chi connectivity index (χ0n) is 16.0. The maximum Gasteiger partial charge on any atom is 0.244 e. The van der Waals surface area contributed by atoms with Crippen LogP contribution in [0, 0.1) is 13.8 Å². The van der Waals surface area contributed by atoms with Gasteiger partial charge in [-0.15, -0.1) is 0 Å². The first kappa shape index (κ1) is 21.3. The summed E-state index contributed by atoms with van der Waals surface area (Å²) in [7, 11) is -3.64. The summed E-state index contributed by atoms with van der Waals surface area (Å²) in [6.45, 7) is 5.98. The van der Waals surface area contributed by atoms with Crippen LogP contribution in [0.5, 0.6) is 0 Å². The number of benzene rings is 2. The lowest BCUT2D eigenvalue weighted by Crippen LogP contribution is -2.49. The molecule has 2 aromatic carbocycles. The number of hydrogen-bond donors (Lipinski definition) is 1. The minimum atomic E-state index is -3.64. The summed E-state index contributed by atoms with van der Waals surface area (Å²) in [6.07, 6.45) is 1.48. The van der Waals surface area contributed by atoms with Crippen molar-refractivity contribution < 1.29 is 13.2 Å². The van der Waals surface area contributed by atoms with Crippen molar-refractivity contribution in [2.24, 2.45) is 0 Å². The van der Waals surface area contributed by atoms with Crippen LogP contribution in [-0.2, 0) is 21.4 Å². The molecule has 0 aromatic heterocycles. The Balaban J connectivity index is 2.27. The third-order valence-corrected chi connectivity index (χ3v) is 5.89. The van der Waals surface area contributed by atoms with Crippen molar-refractivity contribution in [3.63, 3.8) is 0 Å². The van der Waals surface area contributed by atoms with Crippen LogP contribution >= 0.6 is 11.6 Å². The van der Waals surface area contributed by atoms with Gasteiger partial charge in [0.1, 0.15) is 6.04 Å². The SMILES string of the molecule is CCC(C(=O)NCc1ccc(Cl)cc1)N(c1ccc(C)c(C)c1)S(C)(=O)=O. The number of anilines is 1. The first-order valence-corrected chi connectivity index (χ1v) is 10.9. The third kappa shape index (κ3) is 5.47. The molecule has 146 valence electrons. The van der Waals surface area contributed by atoms with Gasteiger partial charge in [0.25, 0.3) is 0 Å². The van der Waals surface area contributed by atoms with Crippen molar-refractivity contribution in [1.29, 1.82) is 0 Å². The quantitative estimate of drug-likeness (QED) is 0.757. The number of aryl methyl sites for hydroxylation is 2. The van der Waals surface area contributed by atoms with E-state index in [4.69, 9.17) is 11.6 Å². The lowest BCUT2D eigenvalue weighted by molar-refractivity contribution is -0.122. The van der Waals surface area contributed by atoms with Gasteiger partial charge in [0, 0.05) is 11.6 Å².